The number of esters is 1. The highest BCUT2D eigenvalue weighted by Gasteiger charge is 2.31. The number of aryl methyl sites for hydroxylation is 1. The van der Waals surface area contributed by atoms with Gasteiger partial charge in [0, 0.05) is 12.6 Å². The van der Waals surface area contributed by atoms with Gasteiger partial charge in [0.2, 0.25) is 5.91 Å². The zero-order valence-corrected chi connectivity index (χ0v) is 18.0. The smallest absolute Gasteiger partial charge is 0.320 e. The first-order chi connectivity index (χ1) is 14.6. The van der Waals surface area contributed by atoms with Crippen molar-refractivity contribution in [1.82, 2.24) is 10.2 Å². The van der Waals surface area contributed by atoms with Gasteiger partial charge in [0.15, 0.2) is 0 Å². The third-order valence-electron chi connectivity index (χ3n) is 5.57. The number of carbonyl (C=O) groups excluding carboxylic acids is 2. The van der Waals surface area contributed by atoms with Crippen LogP contribution < -0.4 is 5.32 Å². The molecule has 3 rings (SSSR count). The first-order valence-electron chi connectivity index (χ1n) is 10.9. The Balaban J connectivity index is 1.91. The molecule has 30 heavy (non-hydrogen) atoms. The summed E-state index contributed by atoms with van der Waals surface area (Å²) in [4.78, 5) is 27.8. The third kappa shape index (κ3) is 6.17. The summed E-state index contributed by atoms with van der Waals surface area (Å²) in [7, 11) is 0. The van der Waals surface area contributed by atoms with Crippen LogP contribution in [0, 0.1) is 6.92 Å². The van der Waals surface area contributed by atoms with Gasteiger partial charge in [0.1, 0.15) is 6.04 Å². The summed E-state index contributed by atoms with van der Waals surface area (Å²) in [5.41, 5.74) is 3.07. The van der Waals surface area contributed by atoms with Crippen LogP contribution >= 0.6 is 0 Å². The van der Waals surface area contributed by atoms with Crippen molar-refractivity contribution in [1.29, 1.82) is 0 Å². The van der Waals surface area contributed by atoms with Crippen molar-refractivity contribution in [3.05, 3.63) is 71.3 Å². The summed E-state index contributed by atoms with van der Waals surface area (Å²) in [5.74, 6) is -0.370. The Labute approximate surface area is 179 Å². The Morgan fingerprint density at radius 3 is 2.37 bits per heavy atom. The Hall–Kier alpha value is -2.66. The van der Waals surface area contributed by atoms with Crippen molar-refractivity contribution in [3.63, 3.8) is 0 Å². The second-order valence-electron chi connectivity index (χ2n) is 8.00. The van der Waals surface area contributed by atoms with Crippen molar-refractivity contribution in [2.75, 3.05) is 13.2 Å². The molecule has 0 aliphatic heterocycles. The lowest BCUT2D eigenvalue weighted by atomic mass is 10.0. The average molecular weight is 409 g/mol. The summed E-state index contributed by atoms with van der Waals surface area (Å²) in [5, 5.41) is 3.23. The SMILES string of the molecule is CCOC(=O)CN(Cc1ccccc1)[C@H](C(=O)NC1CCCC1)c1ccc(C)cc1. The quantitative estimate of drug-likeness (QED) is 0.633. The van der Waals surface area contributed by atoms with Crippen LogP contribution in [0.25, 0.3) is 0 Å². The molecule has 0 saturated heterocycles. The summed E-state index contributed by atoms with van der Waals surface area (Å²) in [6, 6.07) is 17.6. The molecule has 5 heteroatoms. The van der Waals surface area contributed by atoms with Crippen LogP contribution in [0.15, 0.2) is 54.6 Å². The third-order valence-corrected chi connectivity index (χ3v) is 5.57. The molecule has 2 aromatic rings. The molecule has 0 spiro atoms. The lowest BCUT2D eigenvalue weighted by Crippen LogP contribution is -2.45. The lowest BCUT2D eigenvalue weighted by molar-refractivity contribution is -0.146. The molecular formula is C25H32N2O3. The van der Waals surface area contributed by atoms with Crippen LogP contribution in [-0.2, 0) is 20.9 Å². The Morgan fingerprint density at radius 1 is 1.07 bits per heavy atom. The molecule has 1 amide bonds. The zero-order chi connectivity index (χ0) is 21.3. The van der Waals surface area contributed by atoms with E-state index in [0.29, 0.717) is 13.2 Å². The minimum atomic E-state index is -0.559. The molecule has 5 nitrogen and oxygen atoms in total. The van der Waals surface area contributed by atoms with Gasteiger partial charge in [0.25, 0.3) is 0 Å². The predicted molar refractivity (Wildman–Crippen MR) is 118 cm³/mol. The maximum absolute atomic E-state index is 13.5. The van der Waals surface area contributed by atoms with Gasteiger partial charge in [-0.3, -0.25) is 14.5 Å². The van der Waals surface area contributed by atoms with Gasteiger partial charge in [-0.25, -0.2) is 0 Å². The number of benzene rings is 2. The van der Waals surface area contributed by atoms with Crippen LogP contribution in [-0.4, -0.2) is 36.0 Å². The molecule has 1 atom stereocenters. The molecule has 1 aliphatic rings. The van der Waals surface area contributed by atoms with Crippen molar-refractivity contribution in [2.45, 2.75) is 58.2 Å². The second kappa shape index (κ2) is 10.9. The maximum Gasteiger partial charge on any atom is 0.320 e. The first kappa shape index (κ1) is 22.0. The molecule has 1 N–H and O–H groups in total. The number of rotatable bonds is 9. The molecule has 1 aliphatic carbocycles. The summed E-state index contributed by atoms with van der Waals surface area (Å²) >= 11 is 0. The number of amides is 1. The topological polar surface area (TPSA) is 58.6 Å². The van der Waals surface area contributed by atoms with E-state index in [2.05, 4.69) is 5.32 Å². The van der Waals surface area contributed by atoms with Gasteiger partial charge in [-0.05, 0) is 37.8 Å². The van der Waals surface area contributed by atoms with Crippen LogP contribution in [0.4, 0.5) is 0 Å². The Kier molecular flexibility index (Phi) is 8.03. The fourth-order valence-electron chi connectivity index (χ4n) is 4.06. The molecule has 0 heterocycles. The van der Waals surface area contributed by atoms with Crippen LogP contribution in [0.1, 0.15) is 55.3 Å². The number of hydrogen-bond donors (Lipinski definition) is 1. The highest BCUT2D eigenvalue weighted by atomic mass is 16.5. The van der Waals surface area contributed by atoms with E-state index in [4.69, 9.17) is 4.74 Å². The van der Waals surface area contributed by atoms with Crippen LogP contribution in [0.2, 0.25) is 0 Å². The maximum atomic E-state index is 13.5. The van der Waals surface area contributed by atoms with Gasteiger partial charge >= 0.3 is 5.97 Å². The minimum Gasteiger partial charge on any atom is -0.465 e. The molecule has 0 radical (unpaired) electrons. The van der Waals surface area contributed by atoms with Crippen LogP contribution in [0.3, 0.4) is 0 Å². The van der Waals surface area contributed by atoms with Gasteiger partial charge in [-0.2, -0.15) is 0 Å². The molecule has 1 fully saturated rings. The summed E-state index contributed by atoms with van der Waals surface area (Å²) in [6.45, 7) is 4.68. The fraction of sp³-hybridized carbons (Fsp3) is 0.440. The normalized spacial score (nSPS) is 15.2. The van der Waals surface area contributed by atoms with E-state index in [1.807, 2.05) is 66.4 Å². The van der Waals surface area contributed by atoms with E-state index in [1.165, 1.54) is 0 Å². The molecule has 0 aromatic heterocycles. The molecule has 0 unspecified atom stereocenters. The van der Waals surface area contributed by atoms with Gasteiger partial charge in [-0.15, -0.1) is 0 Å². The van der Waals surface area contributed by atoms with Gasteiger partial charge in [-0.1, -0.05) is 73.0 Å². The second-order valence-corrected chi connectivity index (χ2v) is 8.00. The molecule has 0 bridgehead atoms. The fourth-order valence-corrected chi connectivity index (χ4v) is 4.06. The molecular weight excluding hydrogens is 376 g/mol. The molecule has 2 aromatic carbocycles. The highest BCUT2D eigenvalue weighted by Crippen LogP contribution is 2.26. The number of nitrogens with one attached hydrogen (secondary N) is 1. The zero-order valence-electron chi connectivity index (χ0n) is 18.0. The monoisotopic (exact) mass is 408 g/mol. The van der Waals surface area contributed by atoms with E-state index < -0.39 is 6.04 Å². The minimum absolute atomic E-state index is 0.0500. The van der Waals surface area contributed by atoms with E-state index in [9.17, 15) is 9.59 Å². The van der Waals surface area contributed by atoms with Crippen molar-refractivity contribution >= 4 is 11.9 Å². The Bertz CT molecular complexity index is 814. The lowest BCUT2D eigenvalue weighted by Gasteiger charge is -2.31. The number of hydrogen-bond acceptors (Lipinski definition) is 4. The predicted octanol–water partition coefficient (Wildman–Crippen LogP) is 4.16. The standard InChI is InChI=1S/C25H32N2O3/c1-3-30-23(28)18-27(17-20-9-5-4-6-10-20)24(21-15-13-19(2)14-16-21)25(29)26-22-11-7-8-12-22/h4-6,9-10,13-16,22,24H,3,7-8,11-12,17-18H2,1-2H3,(H,26,29)/t24-/m0/s1. The number of carbonyl (C=O) groups is 2. The van der Waals surface area contributed by atoms with Crippen LogP contribution in [0.5, 0.6) is 0 Å². The van der Waals surface area contributed by atoms with E-state index in [-0.39, 0.29) is 24.5 Å². The van der Waals surface area contributed by atoms with E-state index >= 15 is 0 Å². The van der Waals surface area contributed by atoms with Crippen molar-refractivity contribution in [2.24, 2.45) is 0 Å². The van der Waals surface area contributed by atoms with Gasteiger partial charge < -0.3 is 10.1 Å². The van der Waals surface area contributed by atoms with Gasteiger partial charge in [0.05, 0.1) is 13.2 Å². The van der Waals surface area contributed by atoms with E-state index in [1.54, 1.807) is 6.92 Å². The highest BCUT2D eigenvalue weighted by molar-refractivity contribution is 5.84. The number of ether oxygens (including phenoxy) is 1. The van der Waals surface area contributed by atoms with E-state index in [0.717, 1.165) is 42.4 Å². The van der Waals surface area contributed by atoms with Crippen molar-refractivity contribution in [3.8, 4) is 0 Å². The average Bonchev–Trinajstić information content (AvgIpc) is 3.23. The first-order valence-corrected chi connectivity index (χ1v) is 10.9. The molecule has 160 valence electrons. The summed E-state index contributed by atoms with van der Waals surface area (Å²) < 4.78 is 5.22. The Morgan fingerprint density at radius 2 is 1.73 bits per heavy atom. The molecule has 1 saturated carbocycles. The number of nitrogens with zero attached hydrogens (tertiary/aromatic N) is 1. The van der Waals surface area contributed by atoms with Crippen molar-refractivity contribution < 1.29 is 14.3 Å². The largest absolute Gasteiger partial charge is 0.465 e. The summed E-state index contributed by atoms with van der Waals surface area (Å²) in [6.07, 6.45) is 4.33.